The van der Waals surface area contributed by atoms with Crippen molar-refractivity contribution in [3.63, 3.8) is 0 Å². The molecule has 1 aromatic carbocycles. The number of hydrogen-bond donors (Lipinski definition) is 3. The lowest BCUT2D eigenvalue weighted by molar-refractivity contribution is -0.178. The summed E-state index contributed by atoms with van der Waals surface area (Å²) in [4.78, 5) is 4.29. The first kappa shape index (κ1) is 17.6. The Morgan fingerprint density at radius 3 is 2.39 bits per heavy atom. The summed E-state index contributed by atoms with van der Waals surface area (Å²) in [6.07, 6.45) is -1.20. The zero-order chi connectivity index (χ0) is 17.0. The summed E-state index contributed by atoms with van der Waals surface area (Å²) in [6.45, 7) is 7.33. The molecule has 124 valence electrons. The minimum Gasteiger partial charge on any atom is -0.355 e. The van der Waals surface area contributed by atoms with Gasteiger partial charge >= 0.3 is 0 Å². The Morgan fingerprint density at radius 1 is 1.17 bits per heavy atom. The zero-order valence-electron chi connectivity index (χ0n) is 13.5. The van der Waals surface area contributed by atoms with E-state index in [0.717, 1.165) is 5.56 Å². The van der Waals surface area contributed by atoms with E-state index in [1.54, 1.807) is 12.1 Å². The fraction of sp³-hybridized carbons (Fsp3) is 0.400. The third-order valence-electron chi connectivity index (χ3n) is 2.75. The Labute approximate surface area is 140 Å². The van der Waals surface area contributed by atoms with Gasteiger partial charge < -0.3 is 9.84 Å². The van der Waals surface area contributed by atoms with Gasteiger partial charge in [-0.2, -0.15) is 5.43 Å². The number of halogens is 1. The van der Waals surface area contributed by atoms with Gasteiger partial charge in [0.15, 0.2) is 0 Å². The summed E-state index contributed by atoms with van der Waals surface area (Å²) >= 11 is 5.88. The smallest absolute Gasteiger partial charge is 0.257 e. The van der Waals surface area contributed by atoms with Crippen molar-refractivity contribution in [1.82, 2.24) is 20.6 Å². The molecule has 1 unspecified atom stereocenters. The maximum absolute atomic E-state index is 9.69. The van der Waals surface area contributed by atoms with Crippen LogP contribution in [0.5, 0.6) is 0 Å². The first-order chi connectivity index (χ1) is 10.7. The Balaban J connectivity index is 2.03. The minimum absolute atomic E-state index is 0.233. The van der Waals surface area contributed by atoms with Gasteiger partial charge in [-0.05, 0) is 39.8 Å². The predicted molar refractivity (Wildman–Crippen MR) is 88.6 cm³/mol. The lowest BCUT2D eigenvalue weighted by atomic mass is 10.1. The van der Waals surface area contributed by atoms with Crippen molar-refractivity contribution in [3.8, 4) is 11.3 Å². The van der Waals surface area contributed by atoms with Gasteiger partial charge in [0.05, 0.1) is 11.3 Å². The molecule has 23 heavy (non-hydrogen) atoms. The number of hydrazine groups is 1. The third kappa shape index (κ3) is 5.40. The van der Waals surface area contributed by atoms with Crippen molar-refractivity contribution in [2.45, 2.75) is 39.7 Å². The van der Waals surface area contributed by atoms with Crippen LogP contribution in [0.25, 0.3) is 11.3 Å². The maximum atomic E-state index is 9.69. The molecule has 0 aliphatic carbocycles. The molecule has 0 amide bonds. The number of benzene rings is 1. The average Bonchev–Trinajstić information content (AvgIpc) is 2.45. The number of aliphatic hydroxyl groups is 1. The van der Waals surface area contributed by atoms with Crippen molar-refractivity contribution in [1.29, 1.82) is 0 Å². The third-order valence-corrected chi connectivity index (χ3v) is 3.00. The molecule has 0 fully saturated rings. The number of nitrogens with one attached hydrogen (secondary N) is 2. The second-order valence-corrected chi connectivity index (χ2v) is 6.36. The van der Waals surface area contributed by atoms with Crippen LogP contribution in [0.1, 0.15) is 26.5 Å². The second-order valence-electron chi connectivity index (χ2n) is 5.93. The summed E-state index contributed by atoms with van der Waals surface area (Å²) in [5.41, 5.74) is 6.97. The van der Waals surface area contributed by atoms with E-state index in [1.165, 1.54) is 0 Å². The van der Waals surface area contributed by atoms with E-state index in [1.807, 2.05) is 39.8 Å². The number of aromatic nitrogens is 3. The molecular formula is C15H20ClN5O2. The Bertz CT molecular complexity index is 658. The van der Waals surface area contributed by atoms with Gasteiger partial charge in [-0.25, -0.2) is 4.98 Å². The minimum atomic E-state index is -1.20. The Kier molecular flexibility index (Phi) is 5.48. The lowest BCUT2D eigenvalue weighted by Gasteiger charge is -2.24. The number of anilines is 1. The molecule has 0 saturated heterocycles. The van der Waals surface area contributed by atoms with Gasteiger partial charge in [0.2, 0.25) is 6.41 Å². The summed E-state index contributed by atoms with van der Waals surface area (Å²) in [5.74, 6) is 0.233. The second kappa shape index (κ2) is 7.18. The number of ether oxygens (including phenoxy) is 1. The quantitative estimate of drug-likeness (QED) is 0.570. The van der Waals surface area contributed by atoms with E-state index in [4.69, 9.17) is 16.3 Å². The Hall–Kier alpha value is -1.80. The molecule has 2 aromatic rings. The molecule has 0 radical (unpaired) electrons. The molecule has 0 aliphatic rings. The van der Waals surface area contributed by atoms with Crippen LogP contribution in [0.3, 0.4) is 0 Å². The summed E-state index contributed by atoms with van der Waals surface area (Å²) in [7, 11) is 0. The topological polar surface area (TPSA) is 92.2 Å². The van der Waals surface area contributed by atoms with Crippen LogP contribution in [0.15, 0.2) is 24.3 Å². The molecule has 1 heterocycles. The highest BCUT2D eigenvalue weighted by atomic mass is 35.5. The molecule has 0 bridgehead atoms. The van der Waals surface area contributed by atoms with Crippen LogP contribution < -0.4 is 10.9 Å². The molecular weight excluding hydrogens is 318 g/mol. The molecule has 3 N–H and O–H groups in total. The first-order valence-electron chi connectivity index (χ1n) is 7.09. The van der Waals surface area contributed by atoms with Crippen LogP contribution in [-0.2, 0) is 4.74 Å². The molecule has 2 rings (SSSR count). The standard InChI is InChI=1S/C15H20ClN5O2/c1-9-12(10-5-7-11(16)8-6-10)18-19-13(17-9)20-21-14(22)23-15(2,3)4/h5-8,14,21-22H,1-4H3,(H,17,19,20). The lowest BCUT2D eigenvalue weighted by Crippen LogP contribution is -2.41. The van der Waals surface area contributed by atoms with Crippen molar-refractivity contribution in [2.24, 2.45) is 0 Å². The predicted octanol–water partition coefficient (Wildman–Crippen LogP) is 2.51. The highest BCUT2D eigenvalue weighted by Gasteiger charge is 2.16. The van der Waals surface area contributed by atoms with Crippen LogP contribution in [0.4, 0.5) is 5.95 Å². The number of rotatable bonds is 5. The van der Waals surface area contributed by atoms with E-state index in [9.17, 15) is 5.11 Å². The SMILES string of the molecule is Cc1nc(NNC(O)OC(C)(C)C)nnc1-c1ccc(Cl)cc1. The van der Waals surface area contributed by atoms with E-state index >= 15 is 0 Å². The van der Waals surface area contributed by atoms with Crippen molar-refractivity contribution in [3.05, 3.63) is 35.0 Å². The largest absolute Gasteiger partial charge is 0.355 e. The van der Waals surface area contributed by atoms with E-state index in [0.29, 0.717) is 16.4 Å². The first-order valence-corrected chi connectivity index (χ1v) is 7.47. The Morgan fingerprint density at radius 2 is 1.83 bits per heavy atom. The van der Waals surface area contributed by atoms with Crippen molar-refractivity contribution < 1.29 is 9.84 Å². The number of nitrogens with zero attached hydrogens (tertiary/aromatic N) is 3. The molecule has 1 atom stereocenters. The van der Waals surface area contributed by atoms with E-state index in [-0.39, 0.29) is 5.95 Å². The fourth-order valence-electron chi connectivity index (χ4n) is 1.82. The van der Waals surface area contributed by atoms with Crippen LogP contribution in [-0.4, -0.2) is 32.3 Å². The van der Waals surface area contributed by atoms with E-state index in [2.05, 4.69) is 26.0 Å². The van der Waals surface area contributed by atoms with Gasteiger partial charge in [0.25, 0.3) is 5.95 Å². The van der Waals surface area contributed by atoms with Gasteiger partial charge in [0.1, 0.15) is 5.69 Å². The molecule has 7 nitrogen and oxygen atoms in total. The monoisotopic (exact) mass is 337 g/mol. The average molecular weight is 338 g/mol. The van der Waals surface area contributed by atoms with Gasteiger partial charge in [0, 0.05) is 10.6 Å². The van der Waals surface area contributed by atoms with Crippen LogP contribution in [0, 0.1) is 6.92 Å². The molecule has 0 aliphatic heterocycles. The molecule has 1 aromatic heterocycles. The zero-order valence-corrected chi connectivity index (χ0v) is 14.2. The van der Waals surface area contributed by atoms with E-state index < -0.39 is 12.0 Å². The van der Waals surface area contributed by atoms with Crippen LogP contribution in [0.2, 0.25) is 5.02 Å². The van der Waals surface area contributed by atoms with Crippen LogP contribution >= 0.6 is 11.6 Å². The maximum Gasteiger partial charge on any atom is 0.257 e. The van der Waals surface area contributed by atoms with Gasteiger partial charge in [-0.3, -0.25) is 5.43 Å². The van der Waals surface area contributed by atoms with Crippen molar-refractivity contribution >= 4 is 17.5 Å². The summed E-state index contributed by atoms with van der Waals surface area (Å²) < 4.78 is 5.29. The van der Waals surface area contributed by atoms with Crippen molar-refractivity contribution in [2.75, 3.05) is 5.43 Å². The number of aliphatic hydroxyl groups excluding tert-OH is 1. The molecule has 0 spiro atoms. The summed E-state index contributed by atoms with van der Waals surface area (Å²) in [5, 5.41) is 18.5. The summed E-state index contributed by atoms with van der Waals surface area (Å²) in [6, 6.07) is 7.28. The number of hydrogen-bond acceptors (Lipinski definition) is 7. The van der Waals surface area contributed by atoms with Gasteiger partial charge in [-0.15, -0.1) is 10.2 Å². The highest BCUT2D eigenvalue weighted by Crippen LogP contribution is 2.21. The normalized spacial score (nSPS) is 13.0. The fourth-order valence-corrected chi connectivity index (χ4v) is 1.95. The molecule has 0 saturated carbocycles. The highest BCUT2D eigenvalue weighted by molar-refractivity contribution is 6.30. The molecule has 8 heteroatoms. The van der Waals surface area contributed by atoms with Gasteiger partial charge in [-0.1, -0.05) is 23.7 Å². The number of aryl methyl sites for hydroxylation is 1.